The van der Waals surface area contributed by atoms with Crippen LogP contribution in [0, 0.1) is 0 Å². The molecule has 0 aromatic carbocycles. The molecular formula is C16H28Cl2IN5O. The summed E-state index contributed by atoms with van der Waals surface area (Å²) in [5.41, 5.74) is 0.982. The number of aliphatic imine (C=N–C) groups is 1. The molecule has 0 radical (unpaired) electrons. The van der Waals surface area contributed by atoms with E-state index in [1.807, 2.05) is 17.7 Å². The Kier molecular flexibility index (Phi) is 11.2. The average Bonchev–Trinajstić information content (AvgIpc) is 2.84. The van der Waals surface area contributed by atoms with Gasteiger partial charge < -0.3 is 19.9 Å². The number of hydrogen-bond acceptors (Lipinski definition) is 3. The smallest absolute Gasteiger partial charge is 0.191 e. The third-order valence-electron chi connectivity index (χ3n) is 4.01. The first-order chi connectivity index (χ1) is 11.6. The standard InChI is InChI=1S/C16H27Cl2N5O.HI/c1-3-19-16(20-5-4-6-23-7-9-24-10-8-23)21-12-13-11-14(17)15(18)22(13)2;/h11H,3-10,12H2,1-2H3,(H2,19,20,21);1H. The number of aromatic nitrogens is 1. The fourth-order valence-corrected chi connectivity index (χ4v) is 2.99. The minimum atomic E-state index is 0. The van der Waals surface area contributed by atoms with E-state index in [2.05, 4.69) is 27.4 Å². The van der Waals surface area contributed by atoms with Gasteiger partial charge in [0.1, 0.15) is 5.15 Å². The van der Waals surface area contributed by atoms with Gasteiger partial charge in [0.15, 0.2) is 5.96 Å². The summed E-state index contributed by atoms with van der Waals surface area (Å²) in [5.74, 6) is 0.813. The molecule has 0 aliphatic carbocycles. The Bertz CT molecular complexity index is 547. The van der Waals surface area contributed by atoms with Crippen LogP contribution in [0.4, 0.5) is 0 Å². The average molecular weight is 504 g/mol. The van der Waals surface area contributed by atoms with Crippen LogP contribution >= 0.6 is 47.2 Å². The number of nitrogens with one attached hydrogen (secondary N) is 2. The molecule has 9 heteroatoms. The molecule has 0 spiro atoms. The molecule has 2 N–H and O–H groups in total. The van der Waals surface area contributed by atoms with Gasteiger partial charge in [-0.25, -0.2) is 4.99 Å². The number of nitrogens with zero attached hydrogens (tertiary/aromatic N) is 3. The lowest BCUT2D eigenvalue weighted by Crippen LogP contribution is -2.40. The molecule has 1 aromatic rings. The van der Waals surface area contributed by atoms with Crippen LogP contribution in [-0.4, -0.2) is 61.4 Å². The first-order valence-electron chi connectivity index (χ1n) is 8.43. The van der Waals surface area contributed by atoms with Crippen molar-refractivity contribution in [1.29, 1.82) is 0 Å². The molecule has 144 valence electrons. The summed E-state index contributed by atoms with van der Waals surface area (Å²) in [6, 6.07) is 1.86. The van der Waals surface area contributed by atoms with Crippen molar-refractivity contribution >= 4 is 53.1 Å². The van der Waals surface area contributed by atoms with Crippen LogP contribution in [0.1, 0.15) is 19.0 Å². The molecule has 2 rings (SSSR count). The number of hydrogen-bond donors (Lipinski definition) is 2. The number of morpholine rings is 1. The largest absolute Gasteiger partial charge is 0.379 e. The summed E-state index contributed by atoms with van der Waals surface area (Å²) in [6.07, 6.45) is 1.08. The third-order valence-corrected chi connectivity index (χ3v) is 4.85. The molecule has 25 heavy (non-hydrogen) atoms. The number of rotatable bonds is 7. The van der Waals surface area contributed by atoms with Crippen molar-refractivity contribution < 1.29 is 4.74 Å². The van der Waals surface area contributed by atoms with E-state index in [0.717, 1.165) is 64.0 Å². The third kappa shape index (κ3) is 7.50. The summed E-state index contributed by atoms with van der Waals surface area (Å²) in [5, 5.41) is 7.75. The highest BCUT2D eigenvalue weighted by molar-refractivity contribution is 14.0. The van der Waals surface area contributed by atoms with Crippen LogP contribution in [0.2, 0.25) is 10.2 Å². The highest BCUT2D eigenvalue weighted by Gasteiger charge is 2.10. The van der Waals surface area contributed by atoms with Crippen molar-refractivity contribution in [2.45, 2.75) is 19.9 Å². The van der Waals surface area contributed by atoms with Crippen molar-refractivity contribution in [2.24, 2.45) is 12.0 Å². The summed E-state index contributed by atoms with van der Waals surface area (Å²) in [7, 11) is 1.89. The van der Waals surface area contributed by atoms with E-state index in [0.29, 0.717) is 16.7 Å². The Morgan fingerprint density at radius 1 is 1.28 bits per heavy atom. The maximum atomic E-state index is 6.09. The molecule has 0 unspecified atom stereocenters. The molecular weight excluding hydrogens is 476 g/mol. The molecule has 0 amide bonds. The lowest BCUT2D eigenvalue weighted by molar-refractivity contribution is 0.0376. The second kappa shape index (κ2) is 12.2. The van der Waals surface area contributed by atoms with Gasteiger partial charge in [0.05, 0.1) is 24.8 Å². The number of guanidine groups is 1. The Labute approximate surface area is 177 Å². The van der Waals surface area contributed by atoms with Crippen molar-refractivity contribution in [1.82, 2.24) is 20.1 Å². The van der Waals surface area contributed by atoms with Gasteiger partial charge in [0, 0.05) is 38.9 Å². The van der Waals surface area contributed by atoms with Crippen molar-refractivity contribution in [3.05, 3.63) is 21.9 Å². The van der Waals surface area contributed by atoms with E-state index in [1.54, 1.807) is 0 Å². The first kappa shape index (κ1) is 22.8. The summed E-state index contributed by atoms with van der Waals surface area (Å²) < 4.78 is 7.22. The zero-order valence-corrected chi connectivity index (χ0v) is 18.7. The molecule has 1 aromatic heterocycles. The number of halogens is 3. The minimum Gasteiger partial charge on any atom is -0.379 e. The molecule has 1 fully saturated rings. The quantitative estimate of drug-likeness (QED) is 0.260. The maximum absolute atomic E-state index is 6.09. The van der Waals surface area contributed by atoms with Crippen molar-refractivity contribution in [2.75, 3.05) is 45.9 Å². The highest BCUT2D eigenvalue weighted by Crippen LogP contribution is 2.25. The van der Waals surface area contributed by atoms with Gasteiger partial charge in [-0.15, -0.1) is 24.0 Å². The van der Waals surface area contributed by atoms with Crippen molar-refractivity contribution in [3.8, 4) is 0 Å². The van der Waals surface area contributed by atoms with E-state index in [9.17, 15) is 0 Å². The highest BCUT2D eigenvalue weighted by atomic mass is 127. The molecule has 6 nitrogen and oxygen atoms in total. The lowest BCUT2D eigenvalue weighted by Gasteiger charge is -2.26. The van der Waals surface area contributed by atoms with Crippen LogP contribution in [0.3, 0.4) is 0 Å². The predicted molar refractivity (Wildman–Crippen MR) is 116 cm³/mol. The molecule has 1 saturated heterocycles. The van der Waals surface area contributed by atoms with Gasteiger partial charge in [0.25, 0.3) is 0 Å². The fourth-order valence-electron chi connectivity index (χ4n) is 2.58. The van der Waals surface area contributed by atoms with Gasteiger partial charge in [-0.1, -0.05) is 23.2 Å². The maximum Gasteiger partial charge on any atom is 0.191 e. The normalized spacial score (nSPS) is 15.8. The van der Waals surface area contributed by atoms with Crippen molar-refractivity contribution in [3.63, 3.8) is 0 Å². The Hall–Kier alpha value is -0.220. The molecule has 1 aliphatic heterocycles. The SMILES string of the molecule is CCNC(=NCc1cc(Cl)c(Cl)n1C)NCCCN1CCOCC1.I. The predicted octanol–water partition coefficient (Wildman–Crippen LogP) is 2.73. The van der Waals surface area contributed by atoms with Gasteiger partial charge >= 0.3 is 0 Å². The molecule has 1 aliphatic rings. The molecule has 0 atom stereocenters. The second-order valence-corrected chi connectivity index (χ2v) is 6.53. The zero-order valence-electron chi connectivity index (χ0n) is 14.9. The Morgan fingerprint density at radius 2 is 2.00 bits per heavy atom. The fraction of sp³-hybridized carbons (Fsp3) is 0.688. The van der Waals surface area contributed by atoms with Gasteiger partial charge in [-0.2, -0.15) is 0 Å². The first-order valence-corrected chi connectivity index (χ1v) is 9.19. The van der Waals surface area contributed by atoms with Crippen LogP contribution in [0.5, 0.6) is 0 Å². The Balaban J connectivity index is 0.00000312. The van der Waals surface area contributed by atoms with E-state index in [1.165, 1.54) is 0 Å². The zero-order chi connectivity index (χ0) is 17.4. The summed E-state index contributed by atoms with van der Waals surface area (Å²) >= 11 is 12.1. The molecule has 0 bridgehead atoms. The van der Waals surface area contributed by atoms with Crippen LogP contribution < -0.4 is 10.6 Å². The van der Waals surface area contributed by atoms with Crippen LogP contribution in [0.15, 0.2) is 11.1 Å². The Morgan fingerprint density at radius 3 is 2.60 bits per heavy atom. The van der Waals surface area contributed by atoms with E-state index >= 15 is 0 Å². The summed E-state index contributed by atoms with van der Waals surface area (Å²) in [4.78, 5) is 7.04. The van der Waals surface area contributed by atoms with Gasteiger partial charge in [0.2, 0.25) is 0 Å². The van der Waals surface area contributed by atoms with Crippen LogP contribution in [-0.2, 0) is 18.3 Å². The molecule has 0 saturated carbocycles. The van der Waals surface area contributed by atoms with E-state index < -0.39 is 0 Å². The summed E-state index contributed by atoms with van der Waals surface area (Å²) in [6.45, 7) is 9.13. The van der Waals surface area contributed by atoms with E-state index in [4.69, 9.17) is 27.9 Å². The second-order valence-electron chi connectivity index (χ2n) is 5.76. The minimum absolute atomic E-state index is 0. The van der Waals surface area contributed by atoms with Gasteiger partial charge in [-0.3, -0.25) is 4.90 Å². The molecule has 2 heterocycles. The topological polar surface area (TPSA) is 53.8 Å². The van der Waals surface area contributed by atoms with E-state index in [-0.39, 0.29) is 24.0 Å². The number of ether oxygens (including phenoxy) is 1. The lowest BCUT2D eigenvalue weighted by atomic mass is 10.3. The van der Waals surface area contributed by atoms with Crippen LogP contribution in [0.25, 0.3) is 0 Å². The van der Waals surface area contributed by atoms with Gasteiger partial charge in [-0.05, 0) is 26.0 Å². The monoisotopic (exact) mass is 503 g/mol.